The lowest BCUT2D eigenvalue weighted by molar-refractivity contribution is 0.628. The first-order valence-electron chi connectivity index (χ1n) is 6.04. The summed E-state index contributed by atoms with van der Waals surface area (Å²) in [4.78, 5) is 11.6. The van der Waals surface area contributed by atoms with Gasteiger partial charge >= 0.3 is 0 Å². The van der Waals surface area contributed by atoms with Crippen molar-refractivity contribution in [2.24, 2.45) is 0 Å². The maximum absolute atomic E-state index is 12.8. The fourth-order valence-corrected chi connectivity index (χ4v) is 2.14. The molecule has 0 unspecified atom stereocenters. The number of benzene rings is 1. The summed E-state index contributed by atoms with van der Waals surface area (Å²) in [6.07, 6.45) is 3.48. The molecule has 3 nitrogen and oxygen atoms in total. The van der Waals surface area contributed by atoms with E-state index in [-0.39, 0.29) is 5.82 Å². The Bertz CT molecular complexity index is 614. The predicted molar refractivity (Wildman–Crippen MR) is 76.4 cm³/mol. The zero-order chi connectivity index (χ0) is 13.7. The molecule has 3 rings (SSSR count). The maximum atomic E-state index is 12.8. The van der Waals surface area contributed by atoms with Crippen LogP contribution in [-0.2, 0) is 0 Å². The zero-order valence-corrected chi connectivity index (χ0v) is 11.5. The molecule has 0 amide bonds. The first-order valence-corrected chi connectivity index (χ1v) is 6.92. The molecule has 3 aromatic rings. The molecule has 0 atom stereocenters. The van der Waals surface area contributed by atoms with E-state index in [1.807, 2.05) is 19.2 Å². The number of nitrogens with one attached hydrogen (secondary N) is 1. The molecule has 0 aliphatic carbocycles. The second kappa shape index (κ2) is 6.24. The molecular weight excluding hydrogens is 261 g/mol. The molecule has 2 aromatic heterocycles. The Hall–Kier alpha value is -2.01. The number of hydrogen-bond donors (Lipinski definition) is 1. The topological polar surface area (TPSA) is 41.6 Å². The van der Waals surface area contributed by atoms with Crippen molar-refractivity contribution < 1.29 is 4.39 Å². The van der Waals surface area contributed by atoms with Crippen molar-refractivity contribution in [1.29, 1.82) is 0 Å². The Morgan fingerprint density at radius 3 is 2.47 bits per heavy atom. The normalized spacial score (nSPS) is 9.84. The molecule has 2 heterocycles. The fraction of sp³-hybridized carbons (Fsp3) is 0.143. The number of nitrogens with zero attached hydrogens (tertiary/aromatic N) is 2. The van der Waals surface area contributed by atoms with Crippen LogP contribution >= 0.6 is 11.3 Å². The first-order chi connectivity index (χ1) is 9.33. The van der Waals surface area contributed by atoms with Crippen molar-refractivity contribution in [3.05, 3.63) is 47.9 Å². The number of hydrogen-bond acceptors (Lipinski definition) is 3. The average molecular weight is 275 g/mol. The summed E-state index contributed by atoms with van der Waals surface area (Å²) in [7, 11) is 0. The molecule has 0 aliphatic heterocycles. The van der Waals surface area contributed by atoms with Crippen LogP contribution in [0.5, 0.6) is 0 Å². The van der Waals surface area contributed by atoms with Gasteiger partial charge in [0.15, 0.2) is 0 Å². The molecule has 19 heavy (non-hydrogen) atoms. The minimum Gasteiger partial charge on any atom is -0.336 e. The van der Waals surface area contributed by atoms with Crippen LogP contribution in [0.25, 0.3) is 22.1 Å². The van der Waals surface area contributed by atoms with Gasteiger partial charge in [-0.3, -0.25) is 0 Å². The lowest BCUT2D eigenvalue weighted by Gasteiger charge is -1.95. The van der Waals surface area contributed by atoms with Crippen LogP contribution in [0.3, 0.4) is 0 Å². The maximum Gasteiger partial charge on any atom is 0.141 e. The van der Waals surface area contributed by atoms with Crippen molar-refractivity contribution in [2.75, 3.05) is 0 Å². The van der Waals surface area contributed by atoms with Crippen LogP contribution in [0.15, 0.2) is 42.0 Å². The van der Waals surface area contributed by atoms with Gasteiger partial charge in [-0.15, -0.1) is 11.3 Å². The van der Waals surface area contributed by atoms with E-state index in [4.69, 9.17) is 0 Å². The molecule has 0 radical (unpaired) electrons. The Morgan fingerprint density at radius 1 is 1.11 bits per heavy atom. The van der Waals surface area contributed by atoms with Crippen molar-refractivity contribution in [2.45, 2.75) is 13.8 Å². The van der Waals surface area contributed by atoms with Crippen LogP contribution in [0.4, 0.5) is 4.39 Å². The molecule has 0 fully saturated rings. The van der Waals surface area contributed by atoms with Crippen LogP contribution in [0, 0.1) is 5.82 Å². The largest absolute Gasteiger partial charge is 0.336 e. The summed E-state index contributed by atoms with van der Waals surface area (Å²) in [6, 6.07) is 6.22. The third-order valence-corrected chi connectivity index (χ3v) is 3.16. The van der Waals surface area contributed by atoms with Crippen molar-refractivity contribution in [1.82, 2.24) is 15.0 Å². The standard InChI is InChI=1S/C12H8FN3S.C2H6/c13-9-3-1-8(2-4-9)11-15-7-10(16-11)12-14-5-6-17-12;1-2/h1-7H,(H,15,16);1-2H3. The lowest BCUT2D eigenvalue weighted by Crippen LogP contribution is -1.81. The number of rotatable bonds is 2. The summed E-state index contributed by atoms with van der Waals surface area (Å²) >= 11 is 1.54. The van der Waals surface area contributed by atoms with Gasteiger partial charge in [-0.25, -0.2) is 14.4 Å². The van der Waals surface area contributed by atoms with Crippen molar-refractivity contribution in [3.8, 4) is 22.1 Å². The molecule has 98 valence electrons. The molecular formula is C14H14FN3S. The Morgan fingerprint density at radius 2 is 1.84 bits per heavy atom. The van der Waals surface area contributed by atoms with Gasteiger partial charge in [0, 0.05) is 17.1 Å². The molecule has 0 spiro atoms. The number of thiazole rings is 1. The van der Waals surface area contributed by atoms with E-state index >= 15 is 0 Å². The van der Waals surface area contributed by atoms with Crippen LogP contribution in [0.1, 0.15) is 13.8 Å². The van der Waals surface area contributed by atoms with Gasteiger partial charge in [0.25, 0.3) is 0 Å². The predicted octanol–water partition coefficient (Wildman–Crippen LogP) is 4.37. The molecule has 1 aromatic carbocycles. The minimum atomic E-state index is -0.250. The van der Waals surface area contributed by atoms with E-state index in [1.165, 1.54) is 12.1 Å². The van der Waals surface area contributed by atoms with E-state index in [2.05, 4.69) is 15.0 Å². The van der Waals surface area contributed by atoms with Crippen molar-refractivity contribution in [3.63, 3.8) is 0 Å². The Balaban J connectivity index is 0.000000637. The average Bonchev–Trinajstić information content (AvgIpc) is 3.13. The number of halogens is 1. The molecule has 0 saturated heterocycles. The van der Waals surface area contributed by atoms with Gasteiger partial charge in [-0.2, -0.15) is 0 Å². The minimum absolute atomic E-state index is 0.250. The summed E-state index contributed by atoms with van der Waals surface area (Å²) in [5.41, 5.74) is 1.73. The van der Waals surface area contributed by atoms with Crippen LogP contribution in [-0.4, -0.2) is 15.0 Å². The van der Waals surface area contributed by atoms with Gasteiger partial charge < -0.3 is 4.98 Å². The fourth-order valence-electron chi connectivity index (χ4n) is 1.54. The molecule has 0 saturated carbocycles. The lowest BCUT2D eigenvalue weighted by atomic mass is 10.2. The summed E-state index contributed by atoms with van der Waals surface area (Å²) in [5.74, 6) is 0.468. The number of imidazole rings is 1. The number of aromatic nitrogens is 3. The van der Waals surface area contributed by atoms with E-state index < -0.39 is 0 Å². The van der Waals surface area contributed by atoms with Crippen LogP contribution < -0.4 is 0 Å². The van der Waals surface area contributed by atoms with E-state index in [9.17, 15) is 4.39 Å². The SMILES string of the molecule is CC.Fc1ccc(-c2ncc(-c3nccs3)[nH]2)cc1. The van der Waals surface area contributed by atoms with E-state index in [0.717, 1.165) is 22.1 Å². The third kappa shape index (κ3) is 3.06. The number of aromatic amines is 1. The van der Waals surface area contributed by atoms with E-state index in [1.54, 1.807) is 35.9 Å². The summed E-state index contributed by atoms with van der Waals surface area (Å²) in [6.45, 7) is 4.00. The quantitative estimate of drug-likeness (QED) is 0.754. The Labute approximate surface area is 115 Å². The third-order valence-electron chi connectivity index (χ3n) is 2.36. The monoisotopic (exact) mass is 275 g/mol. The second-order valence-corrected chi connectivity index (χ2v) is 4.38. The van der Waals surface area contributed by atoms with Gasteiger partial charge in [0.2, 0.25) is 0 Å². The molecule has 0 bridgehead atoms. The zero-order valence-electron chi connectivity index (χ0n) is 10.7. The Kier molecular flexibility index (Phi) is 4.41. The molecule has 1 N–H and O–H groups in total. The van der Waals surface area contributed by atoms with Gasteiger partial charge in [0.1, 0.15) is 16.6 Å². The highest BCUT2D eigenvalue weighted by Crippen LogP contribution is 2.23. The van der Waals surface area contributed by atoms with Gasteiger partial charge in [0.05, 0.1) is 11.9 Å². The highest BCUT2D eigenvalue weighted by molar-refractivity contribution is 7.13. The van der Waals surface area contributed by atoms with Crippen LogP contribution in [0.2, 0.25) is 0 Å². The van der Waals surface area contributed by atoms with E-state index in [0.29, 0.717) is 0 Å². The number of H-pyrrole nitrogens is 1. The molecule has 0 aliphatic rings. The summed E-state index contributed by atoms with van der Waals surface area (Å²) < 4.78 is 12.8. The highest BCUT2D eigenvalue weighted by atomic mass is 32.1. The van der Waals surface area contributed by atoms with Gasteiger partial charge in [-0.05, 0) is 24.3 Å². The summed E-state index contributed by atoms with van der Waals surface area (Å²) in [5, 5.41) is 2.80. The first kappa shape index (κ1) is 13.4. The molecule has 5 heteroatoms. The smallest absolute Gasteiger partial charge is 0.141 e. The second-order valence-electron chi connectivity index (χ2n) is 3.49. The van der Waals surface area contributed by atoms with Gasteiger partial charge in [-0.1, -0.05) is 13.8 Å². The van der Waals surface area contributed by atoms with Crippen molar-refractivity contribution >= 4 is 11.3 Å². The highest BCUT2D eigenvalue weighted by Gasteiger charge is 2.06.